The summed E-state index contributed by atoms with van der Waals surface area (Å²) >= 11 is 0. The summed E-state index contributed by atoms with van der Waals surface area (Å²) in [5.41, 5.74) is -6.41. The number of anilines is 1. The highest BCUT2D eigenvalue weighted by Gasteiger charge is 2.71. The summed E-state index contributed by atoms with van der Waals surface area (Å²) in [6, 6.07) is 2.46. The lowest BCUT2D eigenvalue weighted by Gasteiger charge is -2.32. The van der Waals surface area contributed by atoms with Gasteiger partial charge in [0.1, 0.15) is 6.54 Å². The number of rotatable bonds is 4. The van der Waals surface area contributed by atoms with E-state index in [0.717, 1.165) is 12.1 Å². The lowest BCUT2D eigenvalue weighted by molar-refractivity contribution is -0.376. The molecule has 0 saturated heterocycles. The van der Waals surface area contributed by atoms with E-state index in [2.05, 4.69) is 5.32 Å². The van der Waals surface area contributed by atoms with Crippen LogP contribution in [0, 0.1) is 0 Å². The minimum Gasteiger partial charge on any atom is -0.480 e. The number of nitrogens with one attached hydrogen (secondary N) is 1. The van der Waals surface area contributed by atoms with Gasteiger partial charge >= 0.3 is 18.3 Å². The van der Waals surface area contributed by atoms with Gasteiger partial charge in [-0.2, -0.15) is 26.3 Å². The third-order valence-electron chi connectivity index (χ3n) is 2.57. The molecule has 0 saturated carbocycles. The highest BCUT2D eigenvalue weighted by molar-refractivity contribution is 5.72. The molecule has 0 spiro atoms. The number of hydrogen-bond donors (Lipinski definition) is 3. The molecule has 0 aliphatic heterocycles. The predicted octanol–water partition coefficient (Wildman–Crippen LogP) is 2.50. The molecule has 1 aromatic carbocycles. The number of carboxylic acid groups (broad SMARTS) is 1. The van der Waals surface area contributed by atoms with Crippen molar-refractivity contribution in [3.05, 3.63) is 29.8 Å². The first-order chi connectivity index (χ1) is 9.39. The minimum atomic E-state index is -5.96. The predicted molar refractivity (Wildman–Crippen MR) is 58.6 cm³/mol. The summed E-state index contributed by atoms with van der Waals surface area (Å²) in [5, 5.41) is 19.7. The maximum absolute atomic E-state index is 12.6. The van der Waals surface area contributed by atoms with Crippen LogP contribution in [-0.4, -0.2) is 35.1 Å². The first kappa shape index (κ1) is 17.1. The lowest BCUT2D eigenvalue weighted by Crippen LogP contribution is -2.53. The van der Waals surface area contributed by atoms with E-state index in [0.29, 0.717) is 12.1 Å². The molecule has 0 aliphatic carbocycles. The molecule has 1 rings (SSSR count). The van der Waals surface area contributed by atoms with Crippen LogP contribution in [0.4, 0.5) is 32.0 Å². The Labute approximate surface area is 114 Å². The van der Waals surface area contributed by atoms with Gasteiger partial charge in [0.25, 0.3) is 5.60 Å². The molecule has 0 unspecified atom stereocenters. The van der Waals surface area contributed by atoms with Gasteiger partial charge < -0.3 is 15.5 Å². The van der Waals surface area contributed by atoms with Gasteiger partial charge in [-0.15, -0.1) is 0 Å². The second-order valence-electron chi connectivity index (χ2n) is 4.03. The fourth-order valence-corrected chi connectivity index (χ4v) is 1.49. The number of aliphatic carboxylic acids is 1. The molecule has 0 amide bonds. The molecular formula is C11H9F6NO3. The zero-order valence-corrected chi connectivity index (χ0v) is 10.1. The molecule has 4 nitrogen and oxygen atoms in total. The van der Waals surface area contributed by atoms with E-state index >= 15 is 0 Å². The fourth-order valence-electron chi connectivity index (χ4n) is 1.49. The van der Waals surface area contributed by atoms with Crippen LogP contribution in [0.25, 0.3) is 0 Å². The Kier molecular flexibility index (Phi) is 4.42. The number of hydrogen-bond acceptors (Lipinski definition) is 3. The third-order valence-corrected chi connectivity index (χ3v) is 2.57. The number of halogens is 6. The highest BCUT2D eigenvalue weighted by atomic mass is 19.4. The van der Waals surface area contributed by atoms with Gasteiger partial charge in [0.15, 0.2) is 0 Å². The number of benzene rings is 1. The maximum Gasteiger partial charge on any atom is 0.430 e. The smallest absolute Gasteiger partial charge is 0.430 e. The third kappa shape index (κ3) is 3.38. The van der Waals surface area contributed by atoms with Gasteiger partial charge in [-0.1, -0.05) is 12.1 Å². The molecule has 10 heteroatoms. The van der Waals surface area contributed by atoms with Gasteiger partial charge in [0.2, 0.25) is 0 Å². The summed E-state index contributed by atoms with van der Waals surface area (Å²) in [5.74, 6) is -1.26. The maximum atomic E-state index is 12.6. The summed E-state index contributed by atoms with van der Waals surface area (Å²) in [6.45, 7) is -0.567. The first-order valence-electron chi connectivity index (χ1n) is 5.31. The summed E-state index contributed by atoms with van der Waals surface area (Å²) in [4.78, 5) is 10.3. The largest absolute Gasteiger partial charge is 0.480 e. The van der Waals surface area contributed by atoms with Gasteiger partial charge in [0, 0.05) is 11.3 Å². The average molecular weight is 317 g/mol. The molecule has 0 fully saturated rings. The molecule has 0 heterocycles. The van der Waals surface area contributed by atoms with Crippen LogP contribution >= 0.6 is 0 Å². The molecular weight excluding hydrogens is 308 g/mol. The molecule has 0 radical (unpaired) electrons. The van der Waals surface area contributed by atoms with E-state index in [-0.39, 0.29) is 5.69 Å². The van der Waals surface area contributed by atoms with Crippen molar-refractivity contribution in [2.45, 2.75) is 18.0 Å². The van der Waals surface area contributed by atoms with E-state index < -0.39 is 36.0 Å². The van der Waals surface area contributed by atoms with Crippen molar-refractivity contribution in [2.24, 2.45) is 0 Å². The van der Waals surface area contributed by atoms with Gasteiger partial charge in [-0.25, -0.2) is 0 Å². The van der Waals surface area contributed by atoms with E-state index in [4.69, 9.17) is 10.2 Å². The van der Waals surface area contributed by atoms with Crippen LogP contribution in [0.5, 0.6) is 0 Å². The van der Waals surface area contributed by atoms with Crippen molar-refractivity contribution in [3.8, 4) is 0 Å². The Hall–Kier alpha value is -1.97. The van der Waals surface area contributed by atoms with E-state index in [1.54, 1.807) is 0 Å². The monoisotopic (exact) mass is 317 g/mol. The quantitative estimate of drug-likeness (QED) is 0.746. The number of alkyl halides is 6. The first-order valence-corrected chi connectivity index (χ1v) is 5.31. The molecule has 0 bridgehead atoms. The van der Waals surface area contributed by atoms with E-state index in [1.807, 2.05) is 0 Å². The van der Waals surface area contributed by atoms with E-state index in [1.165, 1.54) is 0 Å². The molecule has 0 aliphatic rings. The Morgan fingerprint density at radius 3 is 1.76 bits per heavy atom. The topological polar surface area (TPSA) is 69.6 Å². The van der Waals surface area contributed by atoms with Gasteiger partial charge in [0.05, 0.1) is 0 Å². The van der Waals surface area contributed by atoms with Crippen LogP contribution in [-0.2, 0) is 10.4 Å². The van der Waals surface area contributed by atoms with Crippen molar-refractivity contribution < 1.29 is 41.4 Å². The second-order valence-corrected chi connectivity index (χ2v) is 4.03. The summed E-state index contributed by atoms with van der Waals surface area (Å²) in [6.07, 6.45) is -11.9. The Balaban J connectivity index is 3.15. The van der Waals surface area contributed by atoms with E-state index in [9.17, 15) is 31.1 Å². The zero-order valence-electron chi connectivity index (χ0n) is 10.1. The molecule has 1 aromatic rings. The lowest BCUT2D eigenvalue weighted by atomic mass is 9.92. The van der Waals surface area contributed by atoms with Crippen molar-refractivity contribution in [1.82, 2.24) is 0 Å². The zero-order chi connectivity index (χ0) is 16.5. The van der Waals surface area contributed by atoms with Gasteiger partial charge in [-0.05, 0) is 12.1 Å². The second kappa shape index (κ2) is 5.43. The molecule has 21 heavy (non-hydrogen) atoms. The van der Waals surface area contributed by atoms with Crippen molar-refractivity contribution >= 4 is 11.7 Å². The Bertz CT molecular complexity index is 494. The SMILES string of the molecule is O=C(O)CNc1ccc(C(O)(C(F)(F)F)C(F)(F)F)cc1. The normalized spacial score (nSPS) is 13.1. The molecule has 118 valence electrons. The summed E-state index contributed by atoms with van der Waals surface area (Å²) < 4.78 is 75.5. The van der Waals surface area contributed by atoms with Crippen LogP contribution in [0.3, 0.4) is 0 Å². The Morgan fingerprint density at radius 2 is 1.43 bits per heavy atom. The van der Waals surface area contributed by atoms with Crippen LogP contribution in [0.15, 0.2) is 24.3 Å². The summed E-state index contributed by atoms with van der Waals surface area (Å²) in [7, 11) is 0. The van der Waals surface area contributed by atoms with Crippen LogP contribution < -0.4 is 5.32 Å². The van der Waals surface area contributed by atoms with Crippen LogP contribution in [0.2, 0.25) is 0 Å². The van der Waals surface area contributed by atoms with Crippen LogP contribution in [0.1, 0.15) is 5.56 Å². The van der Waals surface area contributed by atoms with Crippen molar-refractivity contribution in [3.63, 3.8) is 0 Å². The van der Waals surface area contributed by atoms with Crippen molar-refractivity contribution in [2.75, 3.05) is 11.9 Å². The van der Waals surface area contributed by atoms with Gasteiger partial charge in [-0.3, -0.25) is 4.79 Å². The minimum absolute atomic E-state index is 0.00662. The number of aliphatic hydroxyl groups is 1. The standard InChI is InChI=1S/C11H9F6NO3/c12-10(13,14)9(21,11(15,16)17)6-1-3-7(4-2-6)18-5-8(19)20/h1-4,18,21H,5H2,(H,19,20). The van der Waals surface area contributed by atoms with Crippen molar-refractivity contribution in [1.29, 1.82) is 0 Å². The highest BCUT2D eigenvalue weighted by Crippen LogP contribution is 2.50. The number of carbonyl (C=O) groups is 1. The molecule has 0 aromatic heterocycles. The Morgan fingerprint density at radius 1 is 1.00 bits per heavy atom. The number of carboxylic acids is 1. The molecule has 3 N–H and O–H groups in total. The fraction of sp³-hybridized carbons (Fsp3) is 0.364. The average Bonchev–Trinajstić information content (AvgIpc) is 2.33. The molecule has 0 atom stereocenters.